The van der Waals surface area contributed by atoms with E-state index in [1.165, 1.54) is 0 Å². The third-order valence-electron chi connectivity index (χ3n) is 3.62. The molecule has 142 valence electrons. The molecule has 1 amide bonds. The van der Waals surface area contributed by atoms with Crippen LogP contribution in [-0.2, 0) is 19.0 Å². The van der Waals surface area contributed by atoms with Crippen LogP contribution in [0.15, 0.2) is 30.5 Å². The van der Waals surface area contributed by atoms with Gasteiger partial charge in [0.25, 0.3) is 0 Å². The lowest BCUT2D eigenvalue weighted by Crippen LogP contribution is -2.34. The van der Waals surface area contributed by atoms with E-state index in [4.69, 9.17) is 14.2 Å². The van der Waals surface area contributed by atoms with Crippen LogP contribution in [0.1, 0.15) is 24.9 Å². The van der Waals surface area contributed by atoms with Gasteiger partial charge in [-0.05, 0) is 12.5 Å². The second kappa shape index (κ2) is 10.4. The average molecular weight is 364 g/mol. The largest absolute Gasteiger partial charge is 0.479 e. The van der Waals surface area contributed by atoms with Crippen molar-refractivity contribution < 1.29 is 28.9 Å². The number of ether oxygens (including phenoxy) is 3. The monoisotopic (exact) mass is 364 g/mol. The summed E-state index contributed by atoms with van der Waals surface area (Å²) in [7, 11) is 0. The van der Waals surface area contributed by atoms with E-state index >= 15 is 0 Å². The lowest BCUT2D eigenvalue weighted by Gasteiger charge is -2.14. The lowest BCUT2D eigenvalue weighted by molar-refractivity contribution is -0.139. The summed E-state index contributed by atoms with van der Waals surface area (Å²) in [6, 6.07) is 6.06. The third kappa shape index (κ3) is 5.75. The number of nitrogens with one attached hydrogen (secondary N) is 2. The molecule has 2 rings (SSSR count). The van der Waals surface area contributed by atoms with Gasteiger partial charge in [0.1, 0.15) is 6.61 Å². The highest BCUT2D eigenvalue weighted by Gasteiger charge is 2.25. The SMILES string of the molecule is CCCOCCOCCOC(=O)NC(C(=O)O)c1c[nH]c2ccccc12. The number of carboxylic acid groups (broad SMARTS) is 1. The van der Waals surface area contributed by atoms with Crippen LogP contribution in [0.5, 0.6) is 0 Å². The number of aliphatic carboxylic acids is 1. The molecule has 1 unspecified atom stereocenters. The molecule has 0 fully saturated rings. The summed E-state index contributed by atoms with van der Waals surface area (Å²) in [6.45, 7) is 3.86. The summed E-state index contributed by atoms with van der Waals surface area (Å²) in [5, 5.41) is 12.5. The minimum atomic E-state index is -1.21. The maximum absolute atomic E-state index is 11.9. The van der Waals surface area contributed by atoms with E-state index in [-0.39, 0.29) is 13.2 Å². The lowest BCUT2D eigenvalue weighted by atomic mass is 10.1. The average Bonchev–Trinajstić information content (AvgIpc) is 3.05. The highest BCUT2D eigenvalue weighted by molar-refractivity contribution is 5.90. The molecule has 26 heavy (non-hydrogen) atoms. The number of alkyl carbamates (subject to hydrolysis) is 1. The Kier molecular flexibility index (Phi) is 7.91. The third-order valence-corrected chi connectivity index (χ3v) is 3.62. The van der Waals surface area contributed by atoms with Crippen LogP contribution in [0.2, 0.25) is 0 Å². The molecular weight excluding hydrogens is 340 g/mol. The number of benzene rings is 1. The summed E-state index contributed by atoms with van der Waals surface area (Å²) in [6.07, 6.45) is 1.71. The first kappa shape index (κ1) is 19.7. The molecule has 2 aromatic rings. The van der Waals surface area contributed by atoms with Gasteiger partial charge < -0.3 is 29.6 Å². The first-order valence-electron chi connectivity index (χ1n) is 8.51. The van der Waals surface area contributed by atoms with Crippen LogP contribution in [0.25, 0.3) is 10.9 Å². The second-order valence-corrected chi connectivity index (χ2v) is 5.57. The Morgan fingerprint density at radius 2 is 1.81 bits per heavy atom. The number of H-pyrrole nitrogens is 1. The van der Waals surface area contributed by atoms with E-state index in [0.29, 0.717) is 25.4 Å². The van der Waals surface area contributed by atoms with E-state index in [0.717, 1.165) is 17.3 Å². The number of para-hydroxylation sites is 1. The van der Waals surface area contributed by atoms with Gasteiger partial charge in [0, 0.05) is 29.3 Å². The molecule has 1 aromatic heterocycles. The molecule has 8 heteroatoms. The molecule has 1 heterocycles. The number of fused-ring (bicyclic) bond motifs is 1. The van der Waals surface area contributed by atoms with Crippen molar-refractivity contribution in [2.75, 3.05) is 33.0 Å². The summed E-state index contributed by atoms with van der Waals surface area (Å²) < 4.78 is 15.5. The Morgan fingerprint density at radius 1 is 1.12 bits per heavy atom. The van der Waals surface area contributed by atoms with Crippen molar-refractivity contribution in [2.24, 2.45) is 0 Å². The number of amides is 1. The van der Waals surface area contributed by atoms with Gasteiger partial charge in [0.05, 0.1) is 19.8 Å². The van der Waals surface area contributed by atoms with Gasteiger partial charge in [0.2, 0.25) is 0 Å². The minimum absolute atomic E-state index is 0.0276. The number of rotatable bonds is 11. The zero-order valence-corrected chi connectivity index (χ0v) is 14.7. The standard InChI is InChI=1S/C18H24N2O6/c1-2-7-24-8-9-25-10-11-26-18(23)20-16(17(21)22)14-12-19-15-6-4-3-5-13(14)15/h3-6,12,16,19H,2,7-11H2,1H3,(H,20,23)(H,21,22). The molecule has 0 radical (unpaired) electrons. The topological polar surface area (TPSA) is 110 Å². The minimum Gasteiger partial charge on any atom is -0.479 e. The van der Waals surface area contributed by atoms with Crippen molar-refractivity contribution in [3.8, 4) is 0 Å². The molecular formula is C18H24N2O6. The summed E-state index contributed by atoms with van der Waals surface area (Å²) in [5.74, 6) is -1.17. The zero-order chi connectivity index (χ0) is 18.8. The molecule has 1 aromatic carbocycles. The number of hydrogen-bond donors (Lipinski definition) is 3. The van der Waals surface area contributed by atoms with Gasteiger partial charge in [-0.2, -0.15) is 0 Å². The van der Waals surface area contributed by atoms with E-state index < -0.39 is 18.1 Å². The van der Waals surface area contributed by atoms with Crippen LogP contribution < -0.4 is 5.32 Å². The van der Waals surface area contributed by atoms with Crippen molar-refractivity contribution in [1.82, 2.24) is 10.3 Å². The van der Waals surface area contributed by atoms with Gasteiger partial charge in [-0.25, -0.2) is 9.59 Å². The van der Waals surface area contributed by atoms with Crippen LogP contribution in [0.3, 0.4) is 0 Å². The van der Waals surface area contributed by atoms with Crippen molar-refractivity contribution >= 4 is 23.0 Å². The highest BCUT2D eigenvalue weighted by Crippen LogP contribution is 2.24. The molecule has 3 N–H and O–H groups in total. The maximum Gasteiger partial charge on any atom is 0.408 e. The summed E-state index contributed by atoms with van der Waals surface area (Å²) in [4.78, 5) is 26.4. The number of aromatic amines is 1. The summed E-state index contributed by atoms with van der Waals surface area (Å²) in [5.41, 5.74) is 1.26. The fourth-order valence-electron chi connectivity index (χ4n) is 2.42. The molecule has 0 aliphatic heterocycles. The number of hydrogen-bond acceptors (Lipinski definition) is 5. The van der Waals surface area contributed by atoms with E-state index in [1.54, 1.807) is 18.3 Å². The molecule has 0 aliphatic carbocycles. The van der Waals surface area contributed by atoms with Crippen LogP contribution >= 0.6 is 0 Å². The first-order valence-corrected chi connectivity index (χ1v) is 8.51. The molecule has 0 saturated heterocycles. The van der Waals surface area contributed by atoms with Crippen LogP contribution in [-0.4, -0.2) is 55.2 Å². The fourth-order valence-corrected chi connectivity index (χ4v) is 2.42. The number of carboxylic acids is 1. The Bertz CT molecular complexity index is 715. The Morgan fingerprint density at radius 3 is 2.54 bits per heavy atom. The number of carbonyl (C=O) groups is 2. The Balaban J connectivity index is 1.79. The highest BCUT2D eigenvalue weighted by atomic mass is 16.6. The van der Waals surface area contributed by atoms with Crippen molar-refractivity contribution in [1.29, 1.82) is 0 Å². The van der Waals surface area contributed by atoms with Crippen molar-refractivity contribution in [3.63, 3.8) is 0 Å². The van der Waals surface area contributed by atoms with Crippen molar-refractivity contribution in [3.05, 3.63) is 36.0 Å². The molecule has 0 aliphatic rings. The fraction of sp³-hybridized carbons (Fsp3) is 0.444. The van der Waals surface area contributed by atoms with Gasteiger partial charge in [-0.15, -0.1) is 0 Å². The Labute approximate surface area is 151 Å². The summed E-state index contributed by atoms with van der Waals surface area (Å²) >= 11 is 0. The maximum atomic E-state index is 11.9. The van der Waals surface area contributed by atoms with Crippen LogP contribution in [0, 0.1) is 0 Å². The molecule has 0 spiro atoms. The van der Waals surface area contributed by atoms with E-state index in [2.05, 4.69) is 10.3 Å². The molecule has 1 atom stereocenters. The first-order chi connectivity index (χ1) is 12.6. The molecule has 0 bridgehead atoms. The Hall–Kier alpha value is -2.58. The predicted molar refractivity (Wildman–Crippen MR) is 95.1 cm³/mol. The van der Waals surface area contributed by atoms with Gasteiger partial charge >= 0.3 is 12.1 Å². The predicted octanol–water partition coefficient (Wildman–Crippen LogP) is 2.46. The van der Waals surface area contributed by atoms with Crippen LogP contribution in [0.4, 0.5) is 4.79 Å². The number of carbonyl (C=O) groups excluding carboxylic acids is 1. The van der Waals surface area contributed by atoms with Gasteiger partial charge in [-0.1, -0.05) is 25.1 Å². The molecule has 0 saturated carbocycles. The smallest absolute Gasteiger partial charge is 0.408 e. The van der Waals surface area contributed by atoms with E-state index in [1.807, 2.05) is 19.1 Å². The van der Waals surface area contributed by atoms with Gasteiger partial charge in [0.15, 0.2) is 6.04 Å². The van der Waals surface area contributed by atoms with Gasteiger partial charge in [-0.3, -0.25) is 0 Å². The molecule has 8 nitrogen and oxygen atoms in total. The zero-order valence-electron chi connectivity index (χ0n) is 14.7. The van der Waals surface area contributed by atoms with Crippen molar-refractivity contribution in [2.45, 2.75) is 19.4 Å². The van der Waals surface area contributed by atoms with E-state index in [9.17, 15) is 14.7 Å². The second-order valence-electron chi connectivity index (χ2n) is 5.57. The quantitative estimate of drug-likeness (QED) is 0.528. The normalized spacial score (nSPS) is 12.0. The number of aromatic nitrogens is 1.